The largest absolute Gasteiger partial charge is 0.280 e. The molecule has 0 saturated carbocycles. The maximum absolute atomic E-state index is 12.6. The minimum absolute atomic E-state index is 0.00531. The third kappa shape index (κ3) is 5.20. The zero-order chi connectivity index (χ0) is 22.1. The first-order valence-corrected chi connectivity index (χ1v) is 12.1. The van der Waals surface area contributed by atoms with Crippen LogP contribution in [-0.2, 0) is 20.0 Å². The van der Waals surface area contributed by atoms with Crippen LogP contribution in [0.3, 0.4) is 0 Å². The molecule has 3 rings (SSSR count). The van der Waals surface area contributed by atoms with E-state index in [1.165, 1.54) is 48.5 Å². The SMILES string of the molecule is Cc1cc(NS(=O)(=O)c2ccc(NS(=O)(=O)c3cc(Cl)ccc3Cl)cc2)nc(C)n1. The van der Waals surface area contributed by atoms with E-state index in [-0.39, 0.29) is 31.3 Å². The van der Waals surface area contributed by atoms with E-state index >= 15 is 0 Å². The summed E-state index contributed by atoms with van der Waals surface area (Å²) in [6.07, 6.45) is 0. The fourth-order valence-corrected chi connectivity index (χ4v) is 5.38. The number of anilines is 2. The number of sulfonamides is 2. The summed E-state index contributed by atoms with van der Waals surface area (Å²) in [4.78, 5) is 7.87. The second-order valence-electron chi connectivity index (χ2n) is 6.25. The number of rotatable bonds is 6. The molecular formula is C18H16Cl2N4O4S2. The number of aryl methyl sites for hydroxylation is 2. The van der Waals surface area contributed by atoms with Gasteiger partial charge in [0.15, 0.2) is 0 Å². The molecule has 2 aromatic carbocycles. The Kier molecular flexibility index (Phi) is 6.23. The highest BCUT2D eigenvalue weighted by atomic mass is 35.5. The predicted octanol–water partition coefficient (Wildman–Crippen LogP) is 4.00. The molecule has 0 fully saturated rings. The molecule has 0 aliphatic heterocycles. The van der Waals surface area contributed by atoms with Crippen molar-refractivity contribution in [2.45, 2.75) is 23.6 Å². The lowest BCUT2D eigenvalue weighted by Gasteiger charge is -2.11. The Hall–Kier alpha value is -2.40. The van der Waals surface area contributed by atoms with Gasteiger partial charge in [0.05, 0.1) is 9.92 Å². The van der Waals surface area contributed by atoms with Crippen LogP contribution in [0.15, 0.2) is 58.3 Å². The van der Waals surface area contributed by atoms with Gasteiger partial charge in [0.25, 0.3) is 20.0 Å². The lowest BCUT2D eigenvalue weighted by molar-refractivity contribution is 0.600. The van der Waals surface area contributed by atoms with Crippen molar-refractivity contribution in [3.05, 3.63) is 70.1 Å². The predicted molar refractivity (Wildman–Crippen MR) is 116 cm³/mol. The van der Waals surface area contributed by atoms with E-state index in [2.05, 4.69) is 19.4 Å². The molecule has 0 atom stereocenters. The molecule has 0 aliphatic carbocycles. The number of hydrogen-bond donors (Lipinski definition) is 2. The topological polar surface area (TPSA) is 118 Å². The van der Waals surface area contributed by atoms with Gasteiger partial charge in [0, 0.05) is 22.5 Å². The van der Waals surface area contributed by atoms with Crippen molar-refractivity contribution >= 4 is 54.8 Å². The van der Waals surface area contributed by atoms with Gasteiger partial charge < -0.3 is 0 Å². The fourth-order valence-electron chi connectivity index (χ4n) is 2.56. The van der Waals surface area contributed by atoms with Crippen LogP contribution in [0.2, 0.25) is 10.0 Å². The highest BCUT2D eigenvalue weighted by Crippen LogP contribution is 2.27. The smallest absolute Gasteiger partial charge is 0.263 e. The second-order valence-corrected chi connectivity index (χ2v) is 10.4. The molecule has 3 aromatic rings. The van der Waals surface area contributed by atoms with Crippen molar-refractivity contribution in [1.82, 2.24) is 9.97 Å². The van der Waals surface area contributed by atoms with Crippen LogP contribution in [0.4, 0.5) is 11.5 Å². The third-order valence-electron chi connectivity index (χ3n) is 3.80. The number of benzene rings is 2. The van der Waals surface area contributed by atoms with Gasteiger partial charge in [-0.25, -0.2) is 26.8 Å². The number of nitrogens with one attached hydrogen (secondary N) is 2. The highest BCUT2D eigenvalue weighted by molar-refractivity contribution is 7.93. The summed E-state index contributed by atoms with van der Waals surface area (Å²) in [5, 5.41) is 0.216. The third-order valence-corrected chi connectivity index (χ3v) is 7.27. The minimum Gasteiger partial charge on any atom is -0.280 e. The van der Waals surface area contributed by atoms with Crippen LogP contribution in [0.1, 0.15) is 11.5 Å². The molecule has 0 spiro atoms. The van der Waals surface area contributed by atoms with Gasteiger partial charge in [-0.15, -0.1) is 0 Å². The van der Waals surface area contributed by atoms with Crippen LogP contribution in [-0.4, -0.2) is 26.8 Å². The van der Waals surface area contributed by atoms with Crippen molar-refractivity contribution in [3.8, 4) is 0 Å². The first-order chi connectivity index (χ1) is 14.0. The summed E-state index contributed by atoms with van der Waals surface area (Å²) in [7, 11) is -7.95. The molecule has 8 nitrogen and oxygen atoms in total. The van der Waals surface area contributed by atoms with Gasteiger partial charge >= 0.3 is 0 Å². The monoisotopic (exact) mass is 486 g/mol. The van der Waals surface area contributed by atoms with E-state index in [0.717, 1.165) is 0 Å². The number of halogens is 2. The Labute approximate surface area is 184 Å². The Morgan fingerprint density at radius 3 is 2.10 bits per heavy atom. The van der Waals surface area contributed by atoms with Gasteiger partial charge in [0.1, 0.15) is 16.5 Å². The summed E-state index contributed by atoms with van der Waals surface area (Å²) < 4.78 is 55.0. The van der Waals surface area contributed by atoms with Gasteiger partial charge in [-0.2, -0.15) is 0 Å². The number of aromatic nitrogens is 2. The summed E-state index contributed by atoms with van der Waals surface area (Å²) in [6, 6.07) is 10.7. The average molecular weight is 487 g/mol. The highest BCUT2D eigenvalue weighted by Gasteiger charge is 2.20. The normalized spacial score (nSPS) is 11.9. The molecule has 0 amide bonds. The number of nitrogens with zero attached hydrogens (tertiary/aromatic N) is 2. The molecule has 0 aliphatic rings. The summed E-state index contributed by atoms with van der Waals surface area (Å²) in [5.41, 5.74) is 0.767. The first kappa shape index (κ1) is 22.3. The number of hydrogen-bond acceptors (Lipinski definition) is 6. The Bertz CT molecular complexity index is 1290. The fraction of sp³-hybridized carbons (Fsp3) is 0.111. The first-order valence-electron chi connectivity index (χ1n) is 8.39. The van der Waals surface area contributed by atoms with Crippen molar-refractivity contribution in [3.63, 3.8) is 0 Å². The van der Waals surface area contributed by atoms with Gasteiger partial charge in [-0.3, -0.25) is 9.44 Å². The molecule has 158 valence electrons. The summed E-state index contributed by atoms with van der Waals surface area (Å²) in [6.45, 7) is 3.37. The molecule has 0 unspecified atom stereocenters. The lowest BCUT2D eigenvalue weighted by Crippen LogP contribution is -2.16. The molecular weight excluding hydrogens is 471 g/mol. The van der Waals surface area contributed by atoms with E-state index in [1.807, 2.05) is 0 Å². The summed E-state index contributed by atoms with van der Waals surface area (Å²) >= 11 is 11.8. The van der Waals surface area contributed by atoms with Crippen LogP contribution in [0.25, 0.3) is 0 Å². The lowest BCUT2D eigenvalue weighted by atomic mass is 10.3. The standard InChI is InChI=1S/C18H16Cl2N4O4S2/c1-11-9-18(22-12(2)21-11)24-29(25,26)15-6-4-14(5-7-15)23-30(27,28)17-10-13(19)3-8-16(17)20/h3-10,23H,1-2H3,(H,21,22,24). The zero-order valence-corrected chi connectivity index (χ0v) is 18.9. The molecule has 30 heavy (non-hydrogen) atoms. The average Bonchev–Trinajstić information content (AvgIpc) is 2.62. The molecule has 1 aromatic heterocycles. The molecule has 2 N–H and O–H groups in total. The molecule has 0 radical (unpaired) electrons. The van der Waals surface area contributed by atoms with Gasteiger partial charge in [0.2, 0.25) is 0 Å². The van der Waals surface area contributed by atoms with Crippen molar-refractivity contribution < 1.29 is 16.8 Å². The maximum atomic E-state index is 12.6. The minimum atomic E-state index is -4.02. The molecule has 12 heteroatoms. The van der Waals surface area contributed by atoms with E-state index < -0.39 is 20.0 Å². The second kappa shape index (κ2) is 8.38. The molecule has 0 saturated heterocycles. The molecule has 1 heterocycles. The van der Waals surface area contributed by atoms with Crippen molar-refractivity contribution in [2.75, 3.05) is 9.44 Å². The van der Waals surface area contributed by atoms with E-state index in [4.69, 9.17) is 23.2 Å². The maximum Gasteiger partial charge on any atom is 0.263 e. The van der Waals surface area contributed by atoms with E-state index in [0.29, 0.717) is 11.5 Å². The van der Waals surface area contributed by atoms with Crippen LogP contribution >= 0.6 is 23.2 Å². The van der Waals surface area contributed by atoms with Crippen LogP contribution < -0.4 is 9.44 Å². The quantitative estimate of drug-likeness (QED) is 0.543. The van der Waals surface area contributed by atoms with Gasteiger partial charge in [-0.05, 0) is 56.3 Å². The Morgan fingerprint density at radius 2 is 1.47 bits per heavy atom. The molecule has 0 bridgehead atoms. The van der Waals surface area contributed by atoms with Crippen molar-refractivity contribution in [1.29, 1.82) is 0 Å². The van der Waals surface area contributed by atoms with Crippen LogP contribution in [0, 0.1) is 13.8 Å². The van der Waals surface area contributed by atoms with E-state index in [9.17, 15) is 16.8 Å². The summed E-state index contributed by atoms with van der Waals surface area (Å²) in [5.74, 6) is 0.567. The van der Waals surface area contributed by atoms with Crippen molar-refractivity contribution in [2.24, 2.45) is 0 Å². The zero-order valence-electron chi connectivity index (χ0n) is 15.7. The van der Waals surface area contributed by atoms with E-state index in [1.54, 1.807) is 13.8 Å². The Balaban J connectivity index is 1.82. The van der Waals surface area contributed by atoms with Gasteiger partial charge in [-0.1, -0.05) is 23.2 Å². The van der Waals surface area contributed by atoms with Crippen LogP contribution in [0.5, 0.6) is 0 Å². The Morgan fingerprint density at radius 1 is 0.800 bits per heavy atom.